The summed E-state index contributed by atoms with van der Waals surface area (Å²) in [5, 5.41) is 11.1. The highest BCUT2D eigenvalue weighted by atomic mass is 14.9. The third-order valence-electron chi connectivity index (χ3n) is 9.83. The highest BCUT2D eigenvalue weighted by Gasteiger charge is 2.15. The Morgan fingerprint density at radius 2 is 0.690 bits per heavy atom. The topological polar surface area (TPSA) is 9.86 Å². The standard InChI is InChI=1S/C40H50N2/c1-5-7-9-11-13-15-17-29-27-41(3)39-31(29)19-21-35-33-24-26-38-36(34(33)23-25-37(35)39)22-20-32-30(28-42(4)40(32)38)18-16-14-12-10-8-6-2/h19-28H,5-18H2,1-4H3. The zero-order valence-corrected chi connectivity index (χ0v) is 26.6. The number of nitrogens with zero attached hydrogens (tertiary/aromatic N) is 2. The van der Waals surface area contributed by atoms with E-state index in [4.69, 9.17) is 0 Å². The summed E-state index contributed by atoms with van der Waals surface area (Å²) in [6.07, 6.45) is 23.3. The molecule has 0 atom stereocenters. The lowest BCUT2D eigenvalue weighted by atomic mass is 9.94. The molecule has 0 aliphatic rings. The van der Waals surface area contributed by atoms with E-state index >= 15 is 0 Å². The van der Waals surface area contributed by atoms with Gasteiger partial charge in [0.1, 0.15) is 0 Å². The van der Waals surface area contributed by atoms with E-state index in [2.05, 4.69) is 98.0 Å². The molecule has 2 aromatic heterocycles. The normalized spacial score (nSPS) is 12.2. The number of rotatable bonds is 14. The lowest BCUT2D eigenvalue weighted by molar-refractivity contribution is 0.608. The van der Waals surface area contributed by atoms with Crippen molar-refractivity contribution in [2.45, 2.75) is 104 Å². The van der Waals surface area contributed by atoms with E-state index in [-0.39, 0.29) is 0 Å². The summed E-state index contributed by atoms with van der Waals surface area (Å²) < 4.78 is 4.74. The van der Waals surface area contributed by atoms with Crippen molar-refractivity contribution in [2.75, 3.05) is 0 Å². The smallest absolute Gasteiger partial charge is 0.0560 e. The molecule has 0 bridgehead atoms. The van der Waals surface area contributed by atoms with E-state index in [1.807, 2.05) is 0 Å². The Balaban J connectivity index is 1.32. The lowest BCUT2D eigenvalue weighted by Crippen LogP contribution is -1.89. The van der Waals surface area contributed by atoms with Crippen LogP contribution in [-0.4, -0.2) is 9.13 Å². The van der Waals surface area contributed by atoms with Gasteiger partial charge in [-0.15, -0.1) is 0 Å². The van der Waals surface area contributed by atoms with Crippen LogP contribution in [0.3, 0.4) is 0 Å². The van der Waals surface area contributed by atoms with Crippen LogP contribution in [-0.2, 0) is 26.9 Å². The lowest BCUT2D eigenvalue weighted by Gasteiger charge is -2.11. The molecule has 0 saturated heterocycles. The second kappa shape index (κ2) is 12.9. The van der Waals surface area contributed by atoms with Crippen LogP contribution in [0.4, 0.5) is 0 Å². The Kier molecular flexibility index (Phi) is 8.89. The van der Waals surface area contributed by atoms with Gasteiger partial charge < -0.3 is 9.13 Å². The van der Waals surface area contributed by atoms with Crippen molar-refractivity contribution in [3.8, 4) is 0 Å². The Hall–Kier alpha value is -3.26. The summed E-state index contributed by atoms with van der Waals surface area (Å²) >= 11 is 0. The van der Waals surface area contributed by atoms with E-state index in [9.17, 15) is 0 Å². The molecule has 0 aliphatic heterocycles. The Morgan fingerprint density at radius 1 is 0.381 bits per heavy atom. The van der Waals surface area contributed by atoms with Crippen molar-refractivity contribution in [2.24, 2.45) is 14.1 Å². The quantitative estimate of drug-likeness (QED) is 0.0929. The van der Waals surface area contributed by atoms with Gasteiger partial charge in [0.05, 0.1) is 11.0 Å². The van der Waals surface area contributed by atoms with Gasteiger partial charge in [0.15, 0.2) is 0 Å². The fourth-order valence-electron chi connectivity index (χ4n) is 7.61. The van der Waals surface area contributed by atoms with Gasteiger partial charge in [-0.05, 0) is 58.4 Å². The van der Waals surface area contributed by atoms with Gasteiger partial charge in [0, 0.05) is 48.0 Å². The van der Waals surface area contributed by atoms with Crippen LogP contribution in [0.15, 0.2) is 60.9 Å². The summed E-state index contributed by atoms with van der Waals surface area (Å²) in [5.74, 6) is 0. The number of fused-ring (bicyclic) bond motifs is 9. The Bertz CT molecular complexity index is 1690. The molecule has 42 heavy (non-hydrogen) atoms. The molecule has 0 spiro atoms. The molecule has 0 fully saturated rings. The number of benzene rings is 4. The maximum atomic E-state index is 2.39. The van der Waals surface area contributed by atoms with Gasteiger partial charge in [-0.1, -0.05) is 127 Å². The van der Waals surface area contributed by atoms with Gasteiger partial charge in [-0.25, -0.2) is 0 Å². The first kappa shape index (κ1) is 28.8. The SMILES string of the molecule is CCCCCCCCc1cn(C)c2c1ccc1c3ccc4c(ccc5c(CCCCCCCC)cn(C)c54)c3ccc12. The molecule has 0 N–H and O–H groups in total. The number of aromatic nitrogens is 2. The maximum absolute atomic E-state index is 2.39. The minimum Gasteiger partial charge on any atom is -0.350 e. The average Bonchev–Trinajstić information content (AvgIpc) is 3.51. The van der Waals surface area contributed by atoms with Gasteiger partial charge in [0.25, 0.3) is 0 Å². The first-order chi connectivity index (χ1) is 20.6. The molecule has 0 amide bonds. The zero-order chi connectivity index (χ0) is 29.1. The Labute approximate surface area is 252 Å². The summed E-state index contributed by atoms with van der Waals surface area (Å²) in [4.78, 5) is 0. The van der Waals surface area contributed by atoms with Crippen LogP contribution >= 0.6 is 0 Å². The third kappa shape index (κ3) is 5.46. The van der Waals surface area contributed by atoms with Crippen molar-refractivity contribution < 1.29 is 0 Å². The first-order valence-electron chi connectivity index (χ1n) is 16.9. The molecule has 0 aliphatic carbocycles. The van der Waals surface area contributed by atoms with Crippen molar-refractivity contribution >= 4 is 54.1 Å². The monoisotopic (exact) mass is 558 g/mol. The average molecular weight is 559 g/mol. The molecule has 0 radical (unpaired) electrons. The minimum absolute atomic E-state index is 1.18. The van der Waals surface area contributed by atoms with Crippen LogP contribution in [0.25, 0.3) is 54.1 Å². The van der Waals surface area contributed by atoms with E-state index in [1.54, 1.807) is 0 Å². The van der Waals surface area contributed by atoms with E-state index < -0.39 is 0 Å². The molecular weight excluding hydrogens is 508 g/mol. The second-order valence-electron chi connectivity index (χ2n) is 12.9. The van der Waals surface area contributed by atoms with Crippen molar-refractivity contribution in [3.05, 3.63) is 72.1 Å². The molecule has 2 nitrogen and oxygen atoms in total. The number of hydrogen-bond acceptors (Lipinski definition) is 0. The van der Waals surface area contributed by atoms with Crippen LogP contribution in [0, 0.1) is 0 Å². The fraction of sp³-hybridized carbons (Fsp3) is 0.450. The van der Waals surface area contributed by atoms with Crippen LogP contribution in [0.2, 0.25) is 0 Å². The number of hydrogen-bond donors (Lipinski definition) is 0. The van der Waals surface area contributed by atoms with E-state index in [1.165, 1.54) is 155 Å². The van der Waals surface area contributed by atoms with Gasteiger partial charge in [-0.3, -0.25) is 0 Å². The summed E-state index contributed by atoms with van der Waals surface area (Å²) in [6, 6.07) is 19.1. The molecule has 0 unspecified atom stereocenters. The molecular formula is C40H50N2. The number of unbranched alkanes of at least 4 members (excludes halogenated alkanes) is 10. The molecule has 4 aromatic carbocycles. The minimum atomic E-state index is 1.18. The second-order valence-corrected chi connectivity index (χ2v) is 12.9. The van der Waals surface area contributed by atoms with Crippen molar-refractivity contribution in [3.63, 3.8) is 0 Å². The van der Waals surface area contributed by atoms with E-state index in [0.717, 1.165) is 0 Å². The van der Waals surface area contributed by atoms with Gasteiger partial charge in [0.2, 0.25) is 0 Å². The van der Waals surface area contributed by atoms with E-state index in [0.29, 0.717) is 0 Å². The van der Waals surface area contributed by atoms with Gasteiger partial charge in [-0.2, -0.15) is 0 Å². The highest BCUT2D eigenvalue weighted by molar-refractivity contribution is 6.24. The molecule has 0 saturated carbocycles. The predicted octanol–water partition coefficient (Wildman–Crippen LogP) is 11.9. The highest BCUT2D eigenvalue weighted by Crippen LogP contribution is 2.39. The third-order valence-corrected chi connectivity index (χ3v) is 9.83. The first-order valence-corrected chi connectivity index (χ1v) is 16.9. The van der Waals surface area contributed by atoms with Crippen molar-refractivity contribution in [1.29, 1.82) is 0 Å². The van der Waals surface area contributed by atoms with Crippen molar-refractivity contribution in [1.82, 2.24) is 9.13 Å². The summed E-state index contributed by atoms with van der Waals surface area (Å²) in [7, 11) is 4.46. The fourth-order valence-corrected chi connectivity index (χ4v) is 7.61. The largest absolute Gasteiger partial charge is 0.350 e. The van der Waals surface area contributed by atoms with Gasteiger partial charge >= 0.3 is 0 Å². The zero-order valence-electron chi connectivity index (χ0n) is 26.6. The van der Waals surface area contributed by atoms with Crippen LogP contribution < -0.4 is 0 Å². The van der Waals surface area contributed by atoms with Crippen LogP contribution in [0.1, 0.15) is 102 Å². The summed E-state index contributed by atoms with van der Waals surface area (Å²) in [6.45, 7) is 4.59. The van der Waals surface area contributed by atoms with Crippen LogP contribution in [0.5, 0.6) is 0 Å². The summed E-state index contributed by atoms with van der Waals surface area (Å²) in [5.41, 5.74) is 5.78. The molecule has 220 valence electrons. The molecule has 6 rings (SSSR count). The molecule has 2 heterocycles. The number of aryl methyl sites for hydroxylation is 4. The maximum Gasteiger partial charge on any atom is 0.0560 e. The molecule has 2 heteroatoms. The molecule has 6 aromatic rings. The Morgan fingerprint density at radius 3 is 1.10 bits per heavy atom. The predicted molar refractivity (Wildman–Crippen MR) is 186 cm³/mol.